The SMILES string of the molecule is O=C(CSc1nncn1-c1ccccc1)NC(Cc1c[nH]c2ccccc12)C(=O)O. The minimum absolute atomic E-state index is 0.0309. The lowest BCUT2D eigenvalue weighted by Gasteiger charge is -2.14. The zero-order valence-corrected chi connectivity index (χ0v) is 16.7. The van der Waals surface area contributed by atoms with Crippen LogP contribution in [0.1, 0.15) is 5.56 Å². The summed E-state index contributed by atoms with van der Waals surface area (Å²) in [5.41, 5.74) is 2.65. The van der Waals surface area contributed by atoms with E-state index < -0.39 is 12.0 Å². The van der Waals surface area contributed by atoms with E-state index in [-0.39, 0.29) is 18.1 Å². The number of thioether (sulfide) groups is 1. The van der Waals surface area contributed by atoms with Gasteiger partial charge in [-0.2, -0.15) is 0 Å². The van der Waals surface area contributed by atoms with Crippen molar-refractivity contribution in [3.63, 3.8) is 0 Å². The smallest absolute Gasteiger partial charge is 0.326 e. The minimum Gasteiger partial charge on any atom is -0.480 e. The molecule has 0 aliphatic carbocycles. The lowest BCUT2D eigenvalue weighted by Crippen LogP contribution is -2.43. The first-order valence-electron chi connectivity index (χ1n) is 9.27. The zero-order chi connectivity index (χ0) is 20.9. The molecule has 2 heterocycles. The maximum Gasteiger partial charge on any atom is 0.326 e. The molecule has 0 aliphatic rings. The number of benzene rings is 2. The van der Waals surface area contributed by atoms with Crippen LogP contribution in [0.3, 0.4) is 0 Å². The van der Waals surface area contributed by atoms with Gasteiger partial charge < -0.3 is 15.4 Å². The maximum absolute atomic E-state index is 12.4. The Bertz CT molecular complexity index is 1170. The number of hydrogen-bond acceptors (Lipinski definition) is 5. The topological polar surface area (TPSA) is 113 Å². The van der Waals surface area contributed by atoms with Gasteiger partial charge >= 0.3 is 5.97 Å². The molecule has 152 valence electrons. The van der Waals surface area contributed by atoms with E-state index in [4.69, 9.17) is 0 Å². The number of nitrogens with zero attached hydrogens (tertiary/aromatic N) is 3. The fraction of sp³-hybridized carbons (Fsp3) is 0.143. The largest absolute Gasteiger partial charge is 0.480 e. The second-order valence-electron chi connectivity index (χ2n) is 6.63. The molecule has 0 fully saturated rings. The summed E-state index contributed by atoms with van der Waals surface area (Å²) < 4.78 is 1.78. The van der Waals surface area contributed by atoms with Crippen molar-refractivity contribution in [2.24, 2.45) is 0 Å². The highest BCUT2D eigenvalue weighted by Gasteiger charge is 2.22. The first-order valence-corrected chi connectivity index (χ1v) is 10.3. The number of rotatable bonds is 8. The van der Waals surface area contributed by atoms with Gasteiger partial charge in [0.25, 0.3) is 0 Å². The second-order valence-corrected chi connectivity index (χ2v) is 7.57. The molecular weight excluding hydrogens is 402 g/mol. The number of H-pyrrole nitrogens is 1. The van der Waals surface area contributed by atoms with E-state index in [2.05, 4.69) is 20.5 Å². The predicted octanol–water partition coefficient (Wildman–Crippen LogP) is 2.65. The number of carbonyl (C=O) groups excluding carboxylic acids is 1. The molecule has 2 aromatic heterocycles. The van der Waals surface area contributed by atoms with Gasteiger partial charge in [0.05, 0.1) is 5.75 Å². The number of aliphatic carboxylic acids is 1. The lowest BCUT2D eigenvalue weighted by atomic mass is 10.1. The quantitative estimate of drug-likeness (QED) is 0.377. The standard InChI is InChI=1S/C21H19N5O3S/c27-19(12-30-21-25-23-13-26(21)15-6-2-1-3-7-15)24-18(20(28)29)10-14-11-22-17-9-5-4-8-16(14)17/h1-9,11,13,18,22H,10,12H2,(H,24,27)(H,28,29). The number of carbonyl (C=O) groups is 2. The van der Waals surface area contributed by atoms with Crippen molar-refractivity contribution < 1.29 is 14.7 Å². The molecule has 9 heteroatoms. The number of carboxylic acids is 1. The molecule has 0 spiro atoms. The van der Waals surface area contributed by atoms with Gasteiger partial charge in [0.2, 0.25) is 5.91 Å². The van der Waals surface area contributed by atoms with Gasteiger partial charge in [-0.15, -0.1) is 10.2 Å². The van der Waals surface area contributed by atoms with Crippen LogP contribution in [0.4, 0.5) is 0 Å². The van der Waals surface area contributed by atoms with Gasteiger partial charge in [-0.3, -0.25) is 9.36 Å². The third-order valence-electron chi connectivity index (χ3n) is 4.62. The molecule has 0 aliphatic heterocycles. The summed E-state index contributed by atoms with van der Waals surface area (Å²) in [5, 5.41) is 21.6. The number of fused-ring (bicyclic) bond motifs is 1. The molecule has 0 saturated carbocycles. The van der Waals surface area contributed by atoms with Crippen LogP contribution in [-0.2, 0) is 16.0 Å². The second kappa shape index (κ2) is 8.83. The van der Waals surface area contributed by atoms with Crippen LogP contribution in [0.5, 0.6) is 0 Å². The Morgan fingerprint density at radius 3 is 2.70 bits per heavy atom. The Hall–Kier alpha value is -3.59. The molecule has 4 rings (SSSR count). The summed E-state index contributed by atoms with van der Waals surface area (Å²) in [5.74, 6) is -1.43. The highest BCUT2D eigenvalue weighted by molar-refractivity contribution is 7.99. The van der Waals surface area contributed by atoms with Crippen LogP contribution in [0.25, 0.3) is 16.6 Å². The van der Waals surface area contributed by atoms with E-state index in [1.54, 1.807) is 17.1 Å². The van der Waals surface area contributed by atoms with Crippen molar-refractivity contribution in [1.29, 1.82) is 0 Å². The Balaban J connectivity index is 1.40. The lowest BCUT2D eigenvalue weighted by molar-refractivity contribution is -0.141. The molecule has 0 radical (unpaired) electrons. The van der Waals surface area contributed by atoms with Crippen molar-refractivity contribution >= 4 is 34.5 Å². The normalized spacial score (nSPS) is 12.0. The van der Waals surface area contributed by atoms with Crippen LogP contribution in [0.2, 0.25) is 0 Å². The van der Waals surface area contributed by atoms with Gasteiger partial charge in [-0.05, 0) is 23.8 Å². The molecule has 4 aromatic rings. The van der Waals surface area contributed by atoms with Gasteiger partial charge in [0.1, 0.15) is 12.4 Å². The zero-order valence-electron chi connectivity index (χ0n) is 15.9. The Kier molecular flexibility index (Phi) is 5.80. The number of nitrogens with one attached hydrogen (secondary N) is 2. The molecule has 2 aromatic carbocycles. The van der Waals surface area contributed by atoms with Crippen molar-refractivity contribution in [1.82, 2.24) is 25.1 Å². The van der Waals surface area contributed by atoms with E-state index in [0.29, 0.717) is 5.16 Å². The first-order chi connectivity index (χ1) is 14.6. The summed E-state index contributed by atoms with van der Waals surface area (Å²) in [7, 11) is 0. The Morgan fingerprint density at radius 2 is 1.90 bits per heavy atom. The molecule has 0 saturated heterocycles. The summed E-state index contributed by atoms with van der Waals surface area (Å²) in [6.45, 7) is 0. The van der Waals surface area contributed by atoms with Crippen molar-refractivity contribution in [2.45, 2.75) is 17.6 Å². The van der Waals surface area contributed by atoms with Gasteiger partial charge in [0, 0.05) is 29.2 Å². The molecule has 1 unspecified atom stereocenters. The van der Waals surface area contributed by atoms with Gasteiger partial charge in [-0.1, -0.05) is 48.2 Å². The maximum atomic E-state index is 12.4. The molecule has 3 N–H and O–H groups in total. The number of aromatic nitrogens is 4. The fourth-order valence-corrected chi connectivity index (χ4v) is 3.92. The highest BCUT2D eigenvalue weighted by atomic mass is 32.2. The third kappa shape index (κ3) is 4.36. The van der Waals surface area contributed by atoms with Crippen LogP contribution in [0.15, 0.2) is 72.3 Å². The number of aromatic amines is 1. The van der Waals surface area contributed by atoms with E-state index in [9.17, 15) is 14.7 Å². The third-order valence-corrected chi connectivity index (χ3v) is 5.56. The Morgan fingerprint density at radius 1 is 1.13 bits per heavy atom. The van der Waals surface area contributed by atoms with Crippen molar-refractivity contribution in [2.75, 3.05) is 5.75 Å². The van der Waals surface area contributed by atoms with Gasteiger partial charge in [-0.25, -0.2) is 4.79 Å². The molecular formula is C21H19N5O3S. The summed E-state index contributed by atoms with van der Waals surface area (Å²) in [4.78, 5) is 27.3. The van der Waals surface area contributed by atoms with Crippen molar-refractivity contribution in [3.05, 3.63) is 72.7 Å². The molecule has 8 nitrogen and oxygen atoms in total. The average molecular weight is 421 g/mol. The average Bonchev–Trinajstić information content (AvgIpc) is 3.39. The summed E-state index contributed by atoms with van der Waals surface area (Å²) in [6.07, 6.45) is 3.55. The number of carboxylic acid groups (broad SMARTS) is 1. The monoisotopic (exact) mass is 421 g/mol. The van der Waals surface area contributed by atoms with Crippen LogP contribution in [-0.4, -0.2) is 48.5 Å². The molecule has 1 atom stereocenters. The number of amides is 1. The molecule has 0 bridgehead atoms. The summed E-state index contributed by atoms with van der Waals surface area (Å²) >= 11 is 1.20. The predicted molar refractivity (Wildman–Crippen MR) is 114 cm³/mol. The van der Waals surface area contributed by atoms with Crippen LogP contribution in [0, 0.1) is 0 Å². The van der Waals surface area contributed by atoms with Crippen LogP contribution < -0.4 is 5.32 Å². The fourth-order valence-electron chi connectivity index (χ4n) is 3.18. The number of para-hydroxylation sites is 2. The van der Waals surface area contributed by atoms with E-state index in [1.807, 2.05) is 54.6 Å². The molecule has 30 heavy (non-hydrogen) atoms. The van der Waals surface area contributed by atoms with Crippen LogP contribution >= 0.6 is 11.8 Å². The minimum atomic E-state index is -1.08. The van der Waals surface area contributed by atoms with E-state index >= 15 is 0 Å². The van der Waals surface area contributed by atoms with Crippen molar-refractivity contribution in [3.8, 4) is 5.69 Å². The molecule has 1 amide bonds. The van der Waals surface area contributed by atoms with E-state index in [0.717, 1.165) is 22.2 Å². The Labute approximate surface area is 176 Å². The summed E-state index contributed by atoms with van der Waals surface area (Å²) in [6, 6.07) is 16.2. The number of hydrogen-bond donors (Lipinski definition) is 3. The van der Waals surface area contributed by atoms with E-state index in [1.165, 1.54) is 11.8 Å². The van der Waals surface area contributed by atoms with Gasteiger partial charge in [0.15, 0.2) is 5.16 Å². The highest BCUT2D eigenvalue weighted by Crippen LogP contribution is 2.21. The first kappa shape index (κ1) is 19.7.